The maximum absolute atomic E-state index is 12.6. The zero-order chi connectivity index (χ0) is 23.3. The number of carbonyl (C=O) groups excluding carboxylic acids is 2. The molecule has 8 nitrogen and oxygen atoms in total. The van der Waals surface area contributed by atoms with E-state index in [9.17, 15) is 14.4 Å². The second-order valence-electron chi connectivity index (χ2n) is 7.74. The van der Waals surface area contributed by atoms with Crippen molar-refractivity contribution in [1.82, 2.24) is 5.32 Å². The summed E-state index contributed by atoms with van der Waals surface area (Å²) in [6.07, 6.45) is -0.553. The molecule has 1 heterocycles. The van der Waals surface area contributed by atoms with Crippen LogP contribution in [0.25, 0.3) is 0 Å². The van der Waals surface area contributed by atoms with Crippen LogP contribution in [0, 0.1) is 6.92 Å². The quantitative estimate of drug-likeness (QED) is 0.591. The van der Waals surface area contributed by atoms with Crippen LogP contribution in [0.1, 0.15) is 36.5 Å². The summed E-state index contributed by atoms with van der Waals surface area (Å²) < 4.78 is 0. The molecule has 0 unspecified atom stereocenters. The van der Waals surface area contributed by atoms with Crippen molar-refractivity contribution in [3.8, 4) is 0 Å². The third-order valence-corrected chi connectivity index (χ3v) is 5.83. The van der Waals surface area contributed by atoms with E-state index in [2.05, 4.69) is 29.5 Å². The molecule has 0 aliphatic carbocycles. The zero-order valence-electron chi connectivity index (χ0n) is 18.2. The van der Waals surface area contributed by atoms with E-state index in [1.54, 1.807) is 29.2 Å². The molecule has 32 heavy (non-hydrogen) atoms. The molecule has 1 aliphatic heterocycles. The van der Waals surface area contributed by atoms with Gasteiger partial charge in [0, 0.05) is 12.2 Å². The van der Waals surface area contributed by atoms with Gasteiger partial charge in [0.05, 0.1) is 11.4 Å². The predicted molar refractivity (Wildman–Crippen MR) is 128 cm³/mol. The van der Waals surface area contributed by atoms with Crippen LogP contribution >= 0.6 is 11.8 Å². The van der Waals surface area contributed by atoms with Gasteiger partial charge in [-0.05, 0) is 54.2 Å². The summed E-state index contributed by atoms with van der Waals surface area (Å²) in [7, 11) is 0. The summed E-state index contributed by atoms with van der Waals surface area (Å²) >= 11 is 1.25. The first-order chi connectivity index (χ1) is 15.2. The molecule has 1 saturated heterocycles. The molecule has 2 aromatic rings. The Balaban J connectivity index is 1.65. The fourth-order valence-electron chi connectivity index (χ4n) is 3.34. The van der Waals surface area contributed by atoms with Crippen LogP contribution in [-0.2, 0) is 11.2 Å². The van der Waals surface area contributed by atoms with Crippen LogP contribution in [0.3, 0.4) is 0 Å². The van der Waals surface area contributed by atoms with Crippen molar-refractivity contribution in [3.63, 3.8) is 0 Å². The van der Waals surface area contributed by atoms with Gasteiger partial charge >= 0.3 is 12.1 Å². The second kappa shape index (κ2) is 10.3. The number of carbonyl (C=O) groups is 3. The third-order valence-electron chi connectivity index (χ3n) is 4.91. The Bertz CT molecular complexity index is 1050. The number of hydrogen-bond acceptors (Lipinski definition) is 4. The maximum atomic E-state index is 12.6. The topological polar surface area (TPSA) is 111 Å². The molecule has 3 N–H and O–H groups in total. The summed E-state index contributed by atoms with van der Waals surface area (Å²) in [5.74, 6) is 0.370. The van der Waals surface area contributed by atoms with Crippen molar-refractivity contribution >= 4 is 46.3 Å². The molecule has 0 bridgehead atoms. The van der Waals surface area contributed by atoms with Gasteiger partial charge in [0.15, 0.2) is 5.17 Å². The fraction of sp³-hybridized carbons (Fsp3) is 0.304. The van der Waals surface area contributed by atoms with Gasteiger partial charge in [-0.2, -0.15) is 4.99 Å². The minimum Gasteiger partial charge on any atom is -0.465 e. The van der Waals surface area contributed by atoms with Crippen molar-refractivity contribution < 1.29 is 19.5 Å². The van der Waals surface area contributed by atoms with E-state index < -0.39 is 12.1 Å². The van der Waals surface area contributed by atoms with Gasteiger partial charge in [-0.25, -0.2) is 9.59 Å². The Kier molecular flexibility index (Phi) is 7.53. The summed E-state index contributed by atoms with van der Waals surface area (Å²) in [6, 6.07) is 12.4. The number of benzene rings is 2. The highest BCUT2D eigenvalue weighted by Crippen LogP contribution is 2.34. The van der Waals surface area contributed by atoms with Gasteiger partial charge in [0.2, 0.25) is 5.91 Å². The van der Waals surface area contributed by atoms with Crippen LogP contribution in [0.2, 0.25) is 0 Å². The monoisotopic (exact) mass is 454 g/mol. The highest BCUT2D eigenvalue weighted by atomic mass is 32.2. The lowest BCUT2D eigenvalue weighted by Gasteiger charge is -2.22. The van der Waals surface area contributed by atoms with E-state index in [0.29, 0.717) is 23.8 Å². The fourth-order valence-corrected chi connectivity index (χ4v) is 4.19. The Morgan fingerprint density at radius 3 is 2.56 bits per heavy atom. The second-order valence-corrected chi connectivity index (χ2v) is 8.68. The van der Waals surface area contributed by atoms with Crippen LogP contribution in [0.15, 0.2) is 47.5 Å². The molecule has 168 valence electrons. The predicted octanol–water partition coefficient (Wildman–Crippen LogP) is 4.60. The third kappa shape index (κ3) is 5.88. The van der Waals surface area contributed by atoms with Crippen LogP contribution < -0.4 is 15.5 Å². The van der Waals surface area contributed by atoms with Gasteiger partial charge in [0.25, 0.3) is 0 Å². The number of thioether (sulfide) groups is 1. The summed E-state index contributed by atoms with van der Waals surface area (Å²) in [6.45, 7) is 6.46. The first kappa shape index (κ1) is 23.3. The van der Waals surface area contributed by atoms with Crippen molar-refractivity contribution in [1.29, 1.82) is 0 Å². The van der Waals surface area contributed by atoms with Gasteiger partial charge in [-0.3, -0.25) is 15.0 Å². The first-order valence-corrected chi connectivity index (χ1v) is 11.2. The number of hydrogen-bond donors (Lipinski definition) is 3. The van der Waals surface area contributed by atoms with Gasteiger partial charge < -0.3 is 10.4 Å². The smallest absolute Gasteiger partial charge is 0.409 e. The van der Waals surface area contributed by atoms with E-state index >= 15 is 0 Å². The van der Waals surface area contributed by atoms with Crippen LogP contribution in [0.5, 0.6) is 0 Å². The average molecular weight is 455 g/mol. The number of carboxylic acid groups (broad SMARTS) is 1. The number of aryl methyl sites for hydroxylation is 1. The Morgan fingerprint density at radius 2 is 1.91 bits per heavy atom. The SMILES string of the molecule is Cc1ccc(C(C)C)c(N2C(=O)CS/C2=N\C(=O)NCCc2ccc(NC(=O)O)cc2)c1. The number of rotatable bonds is 6. The number of amidine groups is 1. The van der Waals surface area contributed by atoms with Gasteiger partial charge in [-0.15, -0.1) is 0 Å². The van der Waals surface area contributed by atoms with Crippen molar-refractivity contribution in [2.75, 3.05) is 22.5 Å². The highest BCUT2D eigenvalue weighted by Gasteiger charge is 2.32. The Morgan fingerprint density at radius 1 is 1.19 bits per heavy atom. The molecule has 0 aromatic heterocycles. The molecule has 0 atom stereocenters. The van der Waals surface area contributed by atoms with Crippen LogP contribution in [0.4, 0.5) is 21.0 Å². The van der Waals surface area contributed by atoms with Gasteiger partial charge in [-0.1, -0.05) is 49.9 Å². The lowest BCUT2D eigenvalue weighted by Crippen LogP contribution is -2.32. The van der Waals surface area contributed by atoms with E-state index in [0.717, 1.165) is 22.4 Å². The molecule has 1 aliphatic rings. The Hall–Kier alpha value is -3.33. The Labute approximate surface area is 191 Å². The minimum absolute atomic E-state index is 0.0934. The zero-order valence-corrected chi connectivity index (χ0v) is 19.0. The minimum atomic E-state index is -1.12. The summed E-state index contributed by atoms with van der Waals surface area (Å²) in [5, 5.41) is 14.1. The number of nitrogens with zero attached hydrogens (tertiary/aromatic N) is 2. The lowest BCUT2D eigenvalue weighted by atomic mass is 9.99. The molecule has 1 fully saturated rings. The van der Waals surface area contributed by atoms with E-state index in [-0.39, 0.29) is 17.6 Å². The highest BCUT2D eigenvalue weighted by molar-refractivity contribution is 8.15. The molecule has 3 rings (SSSR count). The molecule has 4 amide bonds. The summed E-state index contributed by atoms with van der Waals surface area (Å²) in [4.78, 5) is 41.3. The van der Waals surface area contributed by atoms with E-state index in [1.807, 2.05) is 25.1 Å². The molecule has 0 radical (unpaired) electrons. The molecular weight excluding hydrogens is 428 g/mol. The molecule has 0 saturated carbocycles. The maximum Gasteiger partial charge on any atom is 0.409 e. The number of nitrogens with one attached hydrogen (secondary N) is 2. The average Bonchev–Trinajstić information content (AvgIpc) is 3.08. The lowest BCUT2D eigenvalue weighted by molar-refractivity contribution is -0.115. The van der Waals surface area contributed by atoms with E-state index in [1.165, 1.54) is 11.8 Å². The largest absolute Gasteiger partial charge is 0.465 e. The normalized spacial score (nSPS) is 14.8. The standard InChI is InChI=1S/C23H26N4O4S/c1-14(2)18-9-4-15(3)12-19(18)27-20(28)13-32-22(27)26-21(29)24-11-10-16-5-7-17(8-6-16)25-23(30)31/h4-9,12,14,25H,10-11,13H2,1-3H3,(H,24,29)(H,30,31)/b26-22-. The van der Waals surface area contributed by atoms with Crippen molar-refractivity contribution in [2.45, 2.75) is 33.1 Å². The van der Waals surface area contributed by atoms with Crippen molar-refractivity contribution in [3.05, 3.63) is 59.2 Å². The number of anilines is 2. The number of amides is 4. The van der Waals surface area contributed by atoms with Crippen molar-refractivity contribution in [2.24, 2.45) is 4.99 Å². The molecule has 9 heteroatoms. The molecular formula is C23H26N4O4S. The molecule has 0 spiro atoms. The molecule has 2 aromatic carbocycles. The number of aliphatic imine (C=N–C) groups is 1. The number of urea groups is 1. The van der Waals surface area contributed by atoms with Gasteiger partial charge in [0.1, 0.15) is 0 Å². The summed E-state index contributed by atoms with van der Waals surface area (Å²) in [5.41, 5.74) is 4.26. The van der Waals surface area contributed by atoms with Crippen LogP contribution in [-0.4, -0.2) is 40.6 Å². The van der Waals surface area contributed by atoms with E-state index in [4.69, 9.17) is 5.11 Å². The first-order valence-electron chi connectivity index (χ1n) is 10.3.